The smallest absolute Gasteiger partial charge is 0.253 e. The van der Waals surface area contributed by atoms with Crippen molar-refractivity contribution in [1.29, 1.82) is 0 Å². The van der Waals surface area contributed by atoms with Crippen LogP contribution in [0.5, 0.6) is 0 Å². The van der Waals surface area contributed by atoms with Crippen LogP contribution in [0.1, 0.15) is 36.0 Å². The average molecular weight is 401 g/mol. The minimum atomic E-state index is -3.53. The maximum atomic E-state index is 12.6. The molecule has 1 aromatic carbocycles. The molecule has 0 bridgehead atoms. The number of carbonyl (C=O) groups excluding carboxylic acids is 1. The van der Waals surface area contributed by atoms with Gasteiger partial charge >= 0.3 is 0 Å². The quantitative estimate of drug-likeness (QED) is 0.755. The molecule has 2 aliphatic rings. The number of amides is 1. The summed E-state index contributed by atoms with van der Waals surface area (Å²) < 4.78 is 50.0. The van der Waals surface area contributed by atoms with Crippen LogP contribution in [0.25, 0.3) is 0 Å². The summed E-state index contributed by atoms with van der Waals surface area (Å²) in [6.45, 7) is 1.06. The minimum Gasteiger partial charge on any atom is -0.338 e. The van der Waals surface area contributed by atoms with Crippen molar-refractivity contribution >= 4 is 25.8 Å². The van der Waals surface area contributed by atoms with Crippen LogP contribution in [0.3, 0.4) is 0 Å². The highest BCUT2D eigenvalue weighted by Gasteiger charge is 2.33. The van der Waals surface area contributed by atoms with Gasteiger partial charge < -0.3 is 4.90 Å². The predicted molar refractivity (Wildman–Crippen MR) is 98.2 cm³/mol. The van der Waals surface area contributed by atoms with Crippen LogP contribution < -0.4 is 0 Å². The third kappa shape index (κ3) is 3.94. The summed E-state index contributed by atoms with van der Waals surface area (Å²) in [5.41, 5.74) is 0.356. The first-order valence-corrected chi connectivity index (χ1v) is 12.0. The monoisotopic (exact) mass is 400 g/mol. The van der Waals surface area contributed by atoms with Gasteiger partial charge in [-0.1, -0.05) is 6.42 Å². The molecule has 0 unspecified atom stereocenters. The molecule has 1 aromatic rings. The van der Waals surface area contributed by atoms with E-state index in [1.807, 2.05) is 0 Å². The lowest BCUT2D eigenvalue weighted by Gasteiger charge is -2.26. The fourth-order valence-electron chi connectivity index (χ4n) is 3.47. The Hall–Kier alpha value is -1.45. The molecule has 26 heavy (non-hydrogen) atoms. The fourth-order valence-corrected chi connectivity index (χ4v) is 6.77. The second-order valence-electron chi connectivity index (χ2n) is 6.96. The van der Waals surface area contributed by atoms with Crippen molar-refractivity contribution < 1.29 is 21.6 Å². The number of sulfone groups is 1. The lowest BCUT2D eigenvalue weighted by atomic mass is 10.1. The highest BCUT2D eigenvalue weighted by atomic mass is 32.2. The fraction of sp³-hybridized carbons (Fsp3) is 0.588. The number of hydrogen-bond donors (Lipinski definition) is 0. The summed E-state index contributed by atoms with van der Waals surface area (Å²) in [5.74, 6) is -0.215. The van der Waals surface area contributed by atoms with Gasteiger partial charge in [0.2, 0.25) is 10.0 Å². The number of hydrogen-bond acceptors (Lipinski definition) is 5. The molecule has 7 nitrogen and oxygen atoms in total. The molecule has 2 heterocycles. The average Bonchev–Trinajstić information content (AvgIpc) is 3.01. The third-order valence-electron chi connectivity index (χ3n) is 5.13. The van der Waals surface area contributed by atoms with Crippen LogP contribution in [-0.2, 0) is 19.9 Å². The first-order chi connectivity index (χ1) is 12.2. The molecule has 3 rings (SSSR count). The molecule has 2 saturated heterocycles. The number of sulfonamides is 1. The van der Waals surface area contributed by atoms with Gasteiger partial charge in [-0.3, -0.25) is 4.79 Å². The molecule has 0 N–H and O–H groups in total. The maximum absolute atomic E-state index is 12.6. The van der Waals surface area contributed by atoms with Crippen molar-refractivity contribution in [3.63, 3.8) is 0 Å². The van der Waals surface area contributed by atoms with E-state index in [1.165, 1.54) is 33.5 Å². The zero-order valence-electron chi connectivity index (χ0n) is 14.8. The summed E-state index contributed by atoms with van der Waals surface area (Å²) in [6.07, 6.45) is 3.21. The lowest BCUT2D eigenvalue weighted by Crippen LogP contribution is -2.38. The van der Waals surface area contributed by atoms with E-state index in [9.17, 15) is 21.6 Å². The van der Waals surface area contributed by atoms with Gasteiger partial charge in [0.15, 0.2) is 9.84 Å². The Labute approximate surface area is 155 Å². The van der Waals surface area contributed by atoms with E-state index >= 15 is 0 Å². The molecule has 0 radical (unpaired) electrons. The predicted octanol–water partition coefficient (Wildman–Crippen LogP) is 1.12. The van der Waals surface area contributed by atoms with Crippen molar-refractivity contribution in [2.75, 3.05) is 31.6 Å². The van der Waals surface area contributed by atoms with Gasteiger partial charge in [0.1, 0.15) is 0 Å². The molecule has 9 heteroatoms. The van der Waals surface area contributed by atoms with Gasteiger partial charge in [0, 0.05) is 31.7 Å². The number of rotatable bonds is 4. The summed E-state index contributed by atoms with van der Waals surface area (Å²) in [5, 5.41) is 0. The van der Waals surface area contributed by atoms with Crippen molar-refractivity contribution in [3.8, 4) is 0 Å². The third-order valence-corrected chi connectivity index (χ3v) is 8.79. The van der Waals surface area contributed by atoms with E-state index in [4.69, 9.17) is 0 Å². The van der Waals surface area contributed by atoms with E-state index in [0.29, 0.717) is 25.1 Å². The van der Waals surface area contributed by atoms with Crippen LogP contribution in [0.4, 0.5) is 0 Å². The Bertz CT molecular complexity index is 872. The molecule has 1 atom stereocenters. The highest BCUT2D eigenvalue weighted by Crippen LogP contribution is 2.22. The van der Waals surface area contributed by atoms with Crippen molar-refractivity contribution in [2.45, 2.75) is 36.6 Å². The van der Waals surface area contributed by atoms with Gasteiger partial charge in [0.25, 0.3) is 5.91 Å². The number of piperidine rings is 1. The Kier molecular flexibility index (Phi) is 5.41. The maximum Gasteiger partial charge on any atom is 0.253 e. The SMILES string of the molecule is CN(C(=O)c1ccc(S(=O)(=O)N2CCCCC2)cc1)[C@H]1CCS(=O)(=O)C1. The van der Waals surface area contributed by atoms with Gasteiger partial charge in [0.05, 0.1) is 16.4 Å². The van der Waals surface area contributed by atoms with Crippen LogP contribution in [-0.4, -0.2) is 69.6 Å². The Morgan fingerprint density at radius 1 is 1.12 bits per heavy atom. The second-order valence-corrected chi connectivity index (χ2v) is 11.1. The summed E-state index contributed by atoms with van der Waals surface area (Å²) in [7, 11) is -5.01. The first kappa shape index (κ1) is 19.3. The van der Waals surface area contributed by atoms with Crippen LogP contribution in [0.15, 0.2) is 29.2 Å². The van der Waals surface area contributed by atoms with E-state index in [0.717, 1.165) is 19.3 Å². The van der Waals surface area contributed by atoms with Crippen molar-refractivity contribution in [1.82, 2.24) is 9.21 Å². The van der Waals surface area contributed by atoms with E-state index < -0.39 is 19.9 Å². The van der Waals surface area contributed by atoms with Gasteiger partial charge in [-0.2, -0.15) is 4.31 Å². The topological polar surface area (TPSA) is 91.8 Å². The van der Waals surface area contributed by atoms with Crippen molar-refractivity contribution in [2.24, 2.45) is 0 Å². The molecule has 1 amide bonds. The molecule has 0 aromatic heterocycles. The first-order valence-electron chi connectivity index (χ1n) is 8.78. The Balaban J connectivity index is 1.73. The zero-order chi connectivity index (χ0) is 18.9. The Morgan fingerprint density at radius 3 is 2.27 bits per heavy atom. The molecule has 0 aliphatic carbocycles. The van der Waals surface area contributed by atoms with E-state index in [-0.39, 0.29) is 28.4 Å². The normalized spacial score (nSPS) is 23.7. The van der Waals surface area contributed by atoms with Gasteiger partial charge in [-0.25, -0.2) is 16.8 Å². The van der Waals surface area contributed by atoms with Crippen LogP contribution in [0, 0.1) is 0 Å². The molecule has 2 aliphatic heterocycles. The molecular weight excluding hydrogens is 376 g/mol. The lowest BCUT2D eigenvalue weighted by molar-refractivity contribution is 0.0747. The highest BCUT2D eigenvalue weighted by molar-refractivity contribution is 7.91. The standard InChI is InChI=1S/C17H24N2O5S2/c1-18(15-9-12-25(21,22)13-15)17(20)14-5-7-16(8-6-14)26(23,24)19-10-3-2-4-11-19/h5-8,15H,2-4,9-13H2,1H3/t15-/m0/s1. The van der Waals surface area contributed by atoms with E-state index in [2.05, 4.69) is 0 Å². The molecule has 144 valence electrons. The van der Waals surface area contributed by atoms with E-state index in [1.54, 1.807) is 7.05 Å². The zero-order valence-corrected chi connectivity index (χ0v) is 16.4. The summed E-state index contributed by atoms with van der Waals surface area (Å²) >= 11 is 0. The summed E-state index contributed by atoms with van der Waals surface area (Å²) in [6, 6.07) is 5.58. The Morgan fingerprint density at radius 2 is 1.73 bits per heavy atom. The number of benzene rings is 1. The van der Waals surface area contributed by atoms with Crippen LogP contribution >= 0.6 is 0 Å². The number of nitrogens with zero attached hydrogens (tertiary/aromatic N) is 2. The molecule has 0 saturated carbocycles. The minimum absolute atomic E-state index is 0.0172. The molecular formula is C17H24N2O5S2. The molecule has 2 fully saturated rings. The molecule has 0 spiro atoms. The van der Waals surface area contributed by atoms with Crippen molar-refractivity contribution in [3.05, 3.63) is 29.8 Å². The summed E-state index contributed by atoms with van der Waals surface area (Å²) in [4.78, 5) is 14.2. The van der Waals surface area contributed by atoms with Crippen LogP contribution in [0.2, 0.25) is 0 Å². The van der Waals surface area contributed by atoms with Gasteiger partial charge in [-0.05, 0) is 43.5 Å². The number of carbonyl (C=O) groups is 1. The second kappa shape index (κ2) is 7.28. The van der Waals surface area contributed by atoms with Gasteiger partial charge in [-0.15, -0.1) is 0 Å². The largest absolute Gasteiger partial charge is 0.338 e.